The smallest absolute Gasteiger partial charge is 0.327 e. The molecule has 5 nitrogen and oxygen atoms in total. The summed E-state index contributed by atoms with van der Waals surface area (Å²) in [4.78, 5) is 27.7. The molecule has 1 rings (SSSR count). The minimum absolute atomic E-state index is 0.0851. The quantitative estimate of drug-likeness (QED) is 0.863. The largest absolute Gasteiger partial charge is 0.480 e. The number of piperidine rings is 1. The molecular weight excluding hydrogens is 256 g/mol. The molecule has 0 radical (unpaired) electrons. The standard InChI is InChI=1S/C15H28N2O3/c1-6-9-16(11(2)3)14(20)17-10-7-8-15(4,5)12(17)13(18)19/h11-12H,6-10H2,1-5H3,(H,18,19). The number of hydrogen-bond donors (Lipinski definition) is 1. The number of likely N-dealkylation sites (tertiary alicyclic amines) is 1. The van der Waals surface area contributed by atoms with Crippen LogP contribution in [0.3, 0.4) is 0 Å². The molecule has 1 unspecified atom stereocenters. The Kier molecular flexibility index (Phi) is 5.42. The molecule has 1 aliphatic heterocycles. The molecule has 1 heterocycles. The third kappa shape index (κ3) is 3.44. The van der Waals surface area contributed by atoms with Crippen LogP contribution in [0.5, 0.6) is 0 Å². The normalized spacial score (nSPS) is 21.9. The first-order valence-electron chi connectivity index (χ1n) is 7.52. The highest BCUT2D eigenvalue weighted by Gasteiger charge is 2.45. The van der Waals surface area contributed by atoms with Crippen molar-refractivity contribution in [3.63, 3.8) is 0 Å². The predicted molar refractivity (Wildman–Crippen MR) is 78.7 cm³/mol. The minimum atomic E-state index is -0.900. The van der Waals surface area contributed by atoms with Gasteiger partial charge in [0, 0.05) is 19.1 Å². The predicted octanol–water partition coefficient (Wildman–Crippen LogP) is 2.80. The third-order valence-electron chi connectivity index (χ3n) is 4.09. The number of amides is 2. The van der Waals surface area contributed by atoms with Crippen LogP contribution in [-0.2, 0) is 4.79 Å². The highest BCUT2D eigenvalue weighted by molar-refractivity contribution is 5.83. The van der Waals surface area contributed by atoms with Crippen molar-refractivity contribution in [1.82, 2.24) is 9.80 Å². The molecule has 5 heteroatoms. The Morgan fingerprint density at radius 2 is 2.00 bits per heavy atom. The van der Waals surface area contributed by atoms with Gasteiger partial charge in [0.1, 0.15) is 6.04 Å². The van der Waals surface area contributed by atoms with Gasteiger partial charge in [-0.2, -0.15) is 0 Å². The number of carboxylic acids is 1. The number of aliphatic carboxylic acids is 1. The fourth-order valence-electron chi connectivity index (χ4n) is 3.05. The molecule has 0 aliphatic carbocycles. The van der Waals surface area contributed by atoms with E-state index in [0.29, 0.717) is 13.1 Å². The van der Waals surface area contributed by atoms with Gasteiger partial charge in [-0.3, -0.25) is 0 Å². The van der Waals surface area contributed by atoms with Crippen LogP contribution >= 0.6 is 0 Å². The first-order chi connectivity index (χ1) is 9.22. The molecule has 1 fully saturated rings. The zero-order valence-corrected chi connectivity index (χ0v) is 13.3. The van der Waals surface area contributed by atoms with Gasteiger partial charge in [0.15, 0.2) is 0 Å². The lowest BCUT2D eigenvalue weighted by atomic mass is 9.76. The van der Waals surface area contributed by atoms with Gasteiger partial charge in [-0.1, -0.05) is 20.8 Å². The summed E-state index contributed by atoms with van der Waals surface area (Å²) < 4.78 is 0. The molecule has 0 aromatic rings. The molecule has 1 atom stereocenters. The molecule has 1 N–H and O–H groups in total. The van der Waals surface area contributed by atoms with E-state index in [4.69, 9.17) is 0 Å². The van der Waals surface area contributed by atoms with Gasteiger partial charge in [0.05, 0.1) is 0 Å². The summed E-state index contributed by atoms with van der Waals surface area (Å²) in [7, 11) is 0. The van der Waals surface area contributed by atoms with Crippen LogP contribution in [0, 0.1) is 5.41 Å². The Hall–Kier alpha value is -1.26. The van der Waals surface area contributed by atoms with Gasteiger partial charge >= 0.3 is 12.0 Å². The maximum atomic E-state index is 12.7. The first-order valence-corrected chi connectivity index (χ1v) is 7.52. The third-order valence-corrected chi connectivity index (χ3v) is 4.09. The topological polar surface area (TPSA) is 60.9 Å². The summed E-state index contributed by atoms with van der Waals surface area (Å²) in [6, 6.07) is -0.786. The van der Waals surface area contributed by atoms with Gasteiger partial charge < -0.3 is 14.9 Å². The maximum absolute atomic E-state index is 12.7. The molecule has 20 heavy (non-hydrogen) atoms. The summed E-state index contributed by atoms with van der Waals surface area (Å²) in [6.07, 6.45) is 2.57. The lowest BCUT2D eigenvalue weighted by Crippen LogP contribution is -2.60. The van der Waals surface area contributed by atoms with Crippen LogP contribution in [0.1, 0.15) is 53.9 Å². The second-order valence-corrected chi connectivity index (χ2v) is 6.60. The molecule has 0 saturated carbocycles. The van der Waals surface area contributed by atoms with E-state index in [9.17, 15) is 14.7 Å². The lowest BCUT2D eigenvalue weighted by Gasteiger charge is -2.46. The van der Waals surface area contributed by atoms with E-state index in [0.717, 1.165) is 19.3 Å². The summed E-state index contributed by atoms with van der Waals surface area (Å²) in [5, 5.41) is 9.53. The summed E-state index contributed by atoms with van der Waals surface area (Å²) >= 11 is 0. The zero-order chi connectivity index (χ0) is 15.5. The van der Waals surface area contributed by atoms with Gasteiger partial charge in [-0.15, -0.1) is 0 Å². The molecule has 0 bridgehead atoms. The van der Waals surface area contributed by atoms with E-state index >= 15 is 0 Å². The van der Waals surface area contributed by atoms with Gasteiger partial charge in [-0.05, 0) is 38.5 Å². The Labute approximate surface area is 121 Å². The van der Waals surface area contributed by atoms with Crippen LogP contribution in [0.15, 0.2) is 0 Å². The van der Waals surface area contributed by atoms with E-state index in [1.54, 1.807) is 9.80 Å². The number of nitrogens with zero attached hydrogens (tertiary/aromatic N) is 2. The Morgan fingerprint density at radius 1 is 1.40 bits per heavy atom. The highest BCUT2D eigenvalue weighted by Crippen LogP contribution is 2.36. The second kappa shape index (κ2) is 6.46. The number of carbonyl (C=O) groups excluding carboxylic acids is 1. The van der Waals surface area contributed by atoms with Crippen molar-refractivity contribution in [2.45, 2.75) is 66.0 Å². The van der Waals surface area contributed by atoms with Crippen molar-refractivity contribution in [2.75, 3.05) is 13.1 Å². The number of urea groups is 1. The fourth-order valence-corrected chi connectivity index (χ4v) is 3.05. The van der Waals surface area contributed by atoms with Crippen LogP contribution in [0.25, 0.3) is 0 Å². The average Bonchev–Trinajstić information content (AvgIpc) is 2.32. The van der Waals surface area contributed by atoms with Crippen molar-refractivity contribution in [2.24, 2.45) is 5.41 Å². The average molecular weight is 284 g/mol. The SMILES string of the molecule is CCCN(C(=O)N1CCCC(C)(C)C1C(=O)O)C(C)C. The molecule has 116 valence electrons. The molecule has 0 aromatic carbocycles. The molecule has 1 aliphatic rings. The lowest BCUT2D eigenvalue weighted by molar-refractivity contribution is -0.148. The molecule has 0 spiro atoms. The Balaban J connectivity index is 3.01. The Bertz CT molecular complexity index is 366. The molecule has 1 saturated heterocycles. The van der Waals surface area contributed by atoms with E-state index in [-0.39, 0.29) is 17.5 Å². The number of carboxylic acid groups (broad SMARTS) is 1. The van der Waals surface area contributed by atoms with Crippen molar-refractivity contribution in [1.29, 1.82) is 0 Å². The fraction of sp³-hybridized carbons (Fsp3) is 0.867. The highest BCUT2D eigenvalue weighted by atomic mass is 16.4. The van der Waals surface area contributed by atoms with E-state index < -0.39 is 12.0 Å². The van der Waals surface area contributed by atoms with Crippen molar-refractivity contribution >= 4 is 12.0 Å². The van der Waals surface area contributed by atoms with Crippen LogP contribution in [0.4, 0.5) is 4.79 Å². The monoisotopic (exact) mass is 284 g/mol. The van der Waals surface area contributed by atoms with Crippen LogP contribution < -0.4 is 0 Å². The summed E-state index contributed by atoms with van der Waals surface area (Å²) in [5.74, 6) is -0.900. The van der Waals surface area contributed by atoms with E-state index in [1.165, 1.54) is 0 Å². The van der Waals surface area contributed by atoms with Crippen molar-refractivity contribution < 1.29 is 14.7 Å². The van der Waals surface area contributed by atoms with E-state index in [2.05, 4.69) is 0 Å². The number of hydrogen-bond acceptors (Lipinski definition) is 2. The minimum Gasteiger partial charge on any atom is -0.480 e. The van der Waals surface area contributed by atoms with Crippen LogP contribution in [0.2, 0.25) is 0 Å². The molecule has 0 aromatic heterocycles. The Morgan fingerprint density at radius 3 is 2.45 bits per heavy atom. The summed E-state index contributed by atoms with van der Waals surface area (Å²) in [6.45, 7) is 11.0. The molecule has 2 amide bonds. The first kappa shape index (κ1) is 16.8. The van der Waals surface area contributed by atoms with Gasteiger partial charge in [0.25, 0.3) is 0 Å². The zero-order valence-electron chi connectivity index (χ0n) is 13.3. The number of carbonyl (C=O) groups is 2. The van der Waals surface area contributed by atoms with Gasteiger partial charge in [0.2, 0.25) is 0 Å². The molecular formula is C15H28N2O3. The number of rotatable bonds is 4. The van der Waals surface area contributed by atoms with Gasteiger partial charge in [-0.25, -0.2) is 9.59 Å². The van der Waals surface area contributed by atoms with Crippen molar-refractivity contribution in [3.05, 3.63) is 0 Å². The van der Waals surface area contributed by atoms with E-state index in [1.807, 2.05) is 34.6 Å². The van der Waals surface area contributed by atoms with Crippen molar-refractivity contribution in [3.8, 4) is 0 Å². The van der Waals surface area contributed by atoms with Crippen LogP contribution in [-0.4, -0.2) is 52.1 Å². The maximum Gasteiger partial charge on any atom is 0.327 e. The second-order valence-electron chi connectivity index (χ2n) is 6.60. The summed E-state index contributed by atoms with van der Waals surface area (Å²) in [5.41, 5.74) is -0.380.